The van der Waals surface area contributed by atoms with Gasteiger partial charge in [0.1, 0.15) is 5.75 Å². The van der Waals surface area contributed by atoms with Gasteiger partial charge >= 0.3 is 0 Å². The molecule has 4 heteroatoms. The van der Waals surface area contributed by atoms with Gasteiger partial charge < -0.3 is 15.8 Å². The van der Waals surface area contributed by atoms with Gasteiger partial charge in [-0.3, -0.25) is 4.79 Å². The summed E-state index contributed by atoms with van der Waals surface area (Å²) in [7, 11) is 0. The summed E-state index contributed by atoms with van der Waals surface area (Å²) in [5.41, 5.74) is 8.60. The highest BCUT2D eigenvalue weighted by Gasteiger charge is 2.16. The van der Waals surface area contributed by atoms with E-state index >= 15 is 0 Å². The molecule has 1 aliphatic carbocycles. The number of carbonyl (C=O) groups excluding carboxylic acids is 1. The minimum absolute atomic E-state index is 0.0670. The van der Waals surface area contributed by atoms with E-state index in [2.05, 4.69) is 11.4 Å². The van der Waals surface area contributed by atoms with Gasteiger partial charge in [-0.2, -0.15) is 0 Å². The van der Waals surface area contributed by atoms with Crippen LogP contribution in [0.2, 0.25) is 0 Å². The molecule has 0 amide bonds. The molecule has 126 valence electrons. The predicted molar refractivity (Wildman–Crippen MR) is 95.0 cm³/mol. The molecule has 0 aliphatic heterocycles. The van der Waals surface area contributed by atoms with Gasteiger partial charge in [-0.05, 0) is 70.7 Å². The largest absolute Gasteiger partial charge is 0.492 e. The van der Waals surface area contributed by atoms with Crippen molar-refractivity contribution in [2.45, 2.75) is 52.0 Å². The highest BCUT2D eigenvalue weighted by Crippen LogP contribution is 2.23. The van der Waals surface area contributed by atoms with E-state index in [-0.39, 0.29) is 11.8 Å². The first-order chi connectivity index (χ1) is 11.1. The molecule has 0 aromatic heterocycles. The molecule has 1 aliphatic rings. The molecule has 0 bridgehead atoms. The molecule has 1 aromatic rings. The summed E-state index contributed by atoms with van der Waals surface area (Å²) in [6.07, 6.45) is 8.40. The lowest BCUT2D eigenvalue weighted by molar-refractivity contribution is 0.0951. The van der Waals surface area contributed by atoms with Crippen LogP contribution in [0.1, 0.15) is 56.3 Å². The monoisotopic (exact) mass is 316 g/mol. The number of allylic oxidation sites excluding steroid dienone is 1. The molecular formula is C19H28N2O2. The average Bonchev–Trinajstić information content (AvgIpc) is 2.57. The molecule has 1 unspecified atom stereocenters. The molecule has 0 radical (unpaired) electrons. The second-order valence-corrected chi connectivity index (χ2v) is 6.08. The van der Waals surface area contributed by atoms with Gasteiger partial charge in [0.05, 0.1) is 18.3 Å². The lowest BCUT2D eigenvalue weighted by Crippen LogP contribution is -2.34. The van der Waals surface area contributed by atoms with Gasteiger partial charge in [0, 0.05) is 5.56 Å². The van der Waals surface area contributed by atoms with Crippen LogP contribution >= 0.6 is 0 Å². The highest BCUT2D eigenvalue weighted by atomic mass is 16.5. The number of hydrogen-bond donors (Lipinski definition) is 2. The van der Waals surface area contributed by atoms with E-state index in [0.717, 1.165) is 13.0 Å². The minimum atomic E-state index is -0.212. The Morgan fingerprint density at radius 1 is 1.39 bits per heavy atom. The number of nitrogens with two attached hydrogens (primary N) is 1. The molecule has 0 saturated heterocycles. The third kappa shape index (κ3) is 5.10. The van der Waals surface area contributed by atoms with E-state index < -0.39 is 0 Å². The number of carbonyl (C=O) groups is 1. The molecule has 23 heavy (non-hydrogen) atoms. The van der Waals surface area contributed by atoms with Gasteiger partial charge in [0.25, 0.3) is 0 Å². The van der Waals surface area contributed by atoms with Crippen LogP contribution in [-0.2, 0) is 0 Å². The Labute approximate surface area is 139 Å². The van der Waals surface area contributed by atoms with E-state index in [9.17, 15) is 4.79 Å². The molecule has 1 atom stereocenters. The third-order valence-corrected chi connectivity index (χ3v) is 4.27. The first kappa shape index (κ1) is 17.5. The number of ether oxygens (including phenoxy) is 1. The van der Waals surface area contributed by atoms with Gasteiger partial charge in [-0.25, -0.2) is 0 Å². The number of nitrogen functional groups attached to an aromatic ring is 1. The van der Waals surface area contributed by atoms with Crippen molar-refractivity contribution in [2.24, 2.45) is 0 Å². The molecule has 3 N–H and O–H groups in total. The molecule has 2 rings (SSSR count). The first-order valence-corrected chi connectivity index (χ1v) is 8.59. The van der Waals surface area contributed by atoms with Crippen molar-refractivity contribution in [3.63, 3.8) is 0 Å². The van der Waals surface area contributed by atoms with Crippen molar-refractivity contribution in [1.82, 2.24) is 5.32 Å². The van der Waals surface area contributed by atoms with Crippen LogP contribution in [0.5, 0.6) is 5.75 Å². The zero-order valence-electron chi connectivity index (χ0n) is 14.2. The van der Waals surface area contributed by atoms with Gasteiger partial charge in [0.2, 0.25) is 0 Å². The second kappa shape index (κ2) is 8.73. The van der Waals surface area contributed by atoms with Crippen LogP contribution in [0, 0.1) is 0 Å². The quantitative estimate of drug-likeness (QED) is 0.436. The fourth-order valence-electron chi connectivity index (χ4n) is 2.91. The SMILES string of the molecule is CCOc1ccc(C(=O)C(C)NCCC2=CCCCC2)cc1N. The van der Waals surface area contributed by atoms with Crippen molar-refractivity contribution in [3.05, 3.63) is 35.4 Å². The van der Waals surface area contributed by atoms with E-state index in [1.165, 1.54) is 31.3 Å². The van der Waals surface area contributed by atoms with Crippen LogP contribution in [0.3, 0.4) is 0 Å². The molecule has 4 nitrogen and oxygen atoms in total. The number of nitrogens with one attached hydrogen (secondary N) is 1. The van der Waals surface area contributed by atoms with E-state index in [0.29, 0.717) is 23.6 Å². The maximum Gasteiger partial charge on any atom is 0.179 e. The standard InChI is InChI=1S/C19H28N2O2/c1-3-23-18-10-9-16(13-17(18)20)19(22)14(2)21-12-11-15-7-5-4-6-8-15/h7,9-10,13-14,21H,3-6,8,11-12,20H2,1-2H3. The Bertz CT molecular complexity index is 566. The summed E-state index contributed by atoms with van der Waals surface area (Å²) in [5, 5.41) is 3.32. The molecule has 1 aromatic carbocycles. The number of benzene rings is 1. The number of Topliss-reactive ketones (excluding diaryl/α,β-unsaturated/α-hetero) is 1. The predicted octanol–water partition coefficient (Wildman–Crippen LogP) is 3.72. The Kier molecular flexibility index (Phi) is 6.66. The summed E-state index contributed by atoms with van der Waals surface area (Å²) < 4.78 is 5.41. The molecule has 0 heterocycles. The fourth-order valence-corrected chi connectivity index (χ4v) is 2.91. The Hall–Kier alpha value is -1.81. The maximum absolute atomic E-state index is 12.5. The van der Waals surface area contributed by atoms with Crippen molar-refractivity contribution >= 4 is 11.5 Å². The third-order valence-electron chi connectivity index (χ3n) is 4.27. The van der Waals surface area contributed by atoms with Gasteiger partial charge in [-0.15, -0.1) is 0 Å². The zero-order chi connectivity index (χ0) is 16.7. The lowest BCUT2D eigenvalue weighted by atomic mass is 9.97. The minimum Gasteiger partial charge on any atom is -0.492 e. The Morgan fingerprint density at radius 2 is 2.22 bits per heavy atom. The lowest BCUT2D eigenvalue weighted by Gasteiger charge is -2.16. The Morgan fingerprint density at radius 3 is 2.87 bits per heavy atom. The number of ketones is 1. The second-order valence-electron chi connectivity index (χ2n) is 6.08. The van der Waals surface area contributed by atoms with Crippen molar-refractivity contribution in [3.8, 4) is 5.75 Å². The molecular weight excluding hydrogens is 288 g/mol. The van der Waals surface area contributed by atoms with Crippen molar-refractivity contribution in [1.29, 1.82) is 0 Å². The number of rotatable bonds is 8. The average molecular weight is 316 g/mol. The van der Waals surface area contributed by atoms with Crippen molar-refractivity contribution in [2.75, 3.05) is 18.9 Å². The molecule has 0 fully saturated rings. The summed E-state index contributed by atoms with van der Waals surface area (Å²) in [5.74, 6) is 0.700. The smallest absolute Gasteiger partial charge is 0.179 e. The Balaban J connectivity index is 1.86. The zero-order valence-corrected chi connectivity index (χ0v) is 14.2. The fraction of sp³-hybridized carbons (Fsp3) is 0.526. The van der Waals surface area contributed by atoms with Gasteiger partial charge in [0.15, 0.2) is 5.78 Å². The summed E-state index contributed by atoms with van der Waals surface area (Å²) in [6, 6.07) is 5.04. The maximum atomic E-state index is 12.5. The van der Waals surface area contributed by atoms with E-state index in [1.807, 2.05) is 13.8 Å². The summed E-state index contributed by atoms with van der Waals surface area (Å²) in [6.45, 7) is 5.22. The summed E-state index contributed by atoms with van der Waals surface area (Å²) in [4.78, 5) is 12.5. The van der Waals surface area contributed by atoms with Crippen molar-refractivity contribution < 1.29 is 9.53 Å². The summed E-state index contributed by atoms with van der Waals surface area (Å²) >= 11 is 0. The van der Waals surface area contributed by atoms with Crippen LogP contribution in [0.15, 0.2) is 29.8 Å². The topological polar surface area (TPSA) is 64.3 Å². The number of hydrogen-bond acceptors (Lipinski definition) is 4. The van der Waals surface area contributed by atoms with E-state index in [1.54, 1.807) is 18.2 Å². The van der Waals surface area contributed by atoms with Crippen LogP contribution in [0.4, 0.5) is 5.69 Å². The highest BCUT2D eigenvalue weighted by molar-refractivity contribution is 6.00. The van der Waals surface area contributed by atoms with Crippen LogP contribution in [-0.4, -0.2) is 25.0 Å². The van der Waals surface area contributed by atoms with Gasteiger partial charge in [-0.1, -0.05) is 11.6 Å². The molecule has 0 saturated carbocycles. The molecule has 0 spiro atoms. The van der Waals surface area contributed by atoms with E-state index in [4.69, 9.17) is 10.5 Å². The number of anilines is 1. The normalized spacial score (nSPS) is 15.8. The van der Waals surface area contributed by atoms with Crippen LogP contribution in [0.25, 0.3) is 0 Å². The van der Waals surface area contributed by atoms with Crippen LogP contribution < -0.4 is 15.8 Å². The first-order valence-electron chi connectivity index (χ1n) is 8.59.